The monoisotopic (exact) mass is 424 g/mol. The molecule has 0 saturated carbocycles. The lowest BCUT2D eigenvalue weighted by Crippen LogP contribution is -2.13. The zero-order chi connectivity index (χ0) is 19.6. The number of rotatable bonds is 6. The van der Waals surface area contributed by atoms with Crippen LogP contribution in [-0.2, 0) is 17.1 Å². The minimum absolute atomic E-state index is 0.130. The minimum Gasteiger partial charge on any atom is -0.329 e. The van der Waals surface area contributed by atoms with E-state index in [2.05, 4.69) is 9.71 Å². The summed E-state index contributed by atoms with van der Waals surface area (Å²) in [6, 6.07) is 10.0. The molecule has 2 aromatic carbocycles. The Bertz CT molecular complexity index is 1100. The molecule has 0 radical (unpaired) electrons. The van der Waals surface area contributed by atoms with Crippen molar-refractivity contribution < 1.29 is 13.3 Å². The van der Waals surface area contributed by atoms with Gasteiger partial charge in [0.2, 0.25) is 0 Å². The van der Waals surface area contributed by atoms with Gasteiger partial charge in [0, 0.05) is 36.1 Å². The van der Waals surface area contributed by atoms with E-state index in [-0.39, 0.29) is 9.92 Å². The van der Waals surface area contributed by atoms with Gasteiger partial charge in [-0.1, -0.05) is 23.4 Å². The SMILES string of the molecule is Cn1ccnc1Sc1ccc(NS(=O)(=O)c2ccc(Cl)c([N+](=O)[O-])c2)cc1. The van der Waals surface area contributed by atoms with Crippen LogP contribution in [0.1, 0.15) is 0 Å². The van der Waals surface area contributed by atoms with Crippen LogP contribution in [0.25, 0.3) is 0 Å². The lowest BCUT2D eigenvalue weighted by Gasteiger charge is -2.09. The van der Waals surface area contributed by atoms with Crippen molar-refractivity contribution in [3.8, 4) is 0 Å². The van der Waals surface area contributed by atoms with Crippen molar-refractivity contribution in [3.05, 3.63) is 70.0 Å². The van der Waals surface area contributed by atoms with Crippen molar-refractivity contribution in [1.82, 2.24) is 9.55 Å². The molecule has 0 aliphatic rings. The van der Waals surface area contributed by atoms with Crippen LogP contribution in [0.5, 0.6) is 0 Å². The zero-order valence-electron chi connectivity index (χ0n) is 13.9. The number of halogens is 1. The normalized spacial score (nSPS) is 11.3. The van der Waals surface area contributed by atoms with E-state index in [9.17, 15) is 18.5 Å². The molecule has 27 heavy (non-hydrogen) atoms. The van der Waals surface area contributed by atoms with E-state index in [0.29, 0.717) is 5.69 Å². The molecule has 1 heterocycles. The molecule has 3 aromatic rings. The summed E-state index contributed by atoms with van der Waals surface area (Å²) < 4.78 is 29.2. The first-order valence-corrected chi connectivity index (χ1v) is 10.2. The van der Waals surface area contributed by atoms with Gasteiger partial charge < -0.3 is 4.57 Å². The summed E-state index contributed by atoms with van der Waals surface area (Å²) in [5.41, 5.74) is -0.141. The van der Waals surface area contributed by atoms with Crippen molar-refractivity contribution in [3.63, 3.8) is 0 Å². The van der Waals surface area contributed by atoms with Crippen molar-refractivity contribution in [2.75, 3.05) is 4.72 Å². The van der Waals surface area contributed by atoms with Crippen LogP contribution in [0.15, 0.2) is 69.8 Å². The number of aromatic nitrogens is 2. The van der Waals surface area contributed by atoms with E-state index < -0.39 is 20.6 Å². The highest BCUT2D eigenvalue weighted by molar-refractivity contribution is 7.99. The van der Waals surface area contributed by atoms with Gasteiger partial charge in [0.25, 0.3) is 15.7 Å². The molecule has 0 amide bonds. The third kappa shape index (κ3) is 4.41. The quantitative estimate of drug-likeness (QED) is 0.474. The molecule has 11 heteroatoms. The standard InChI is InChI=1S/C16H13ClN4O4S2/c1-20-9-8-18-16(20)26-12-4-2-11(3-5-12)19-27(24,25)13-6-7-14(17)15(10-13)21(22)23/h2-10,19H,1H3. The summed E-state index contributed by atoms with van der Waals surface area (Å²) in [5, 5.41) is 11.6. The zero-order valence-corrected chi connectivity index (χ0v) is 16.3. The molecular weight excluding hydrogens is 412 g/mol. The van der Waals surface area contributed by atoms with E-state index in [1.165, 1.54) is 23.9 Å². The second-order valence-electron chi connectivity index (χ2n) is 5.42. The number of nitrogens with one attached hydrogen (secondary N) is 1. The summed E-state index contributed by atoms with van der Waals surface area (Å²) in [6.07, 6.45) is 3.52. The number of benzene rings is 2. The molecule has 0 spiro atoms. The fourth-order valence-corrected chi connectivity index (χ4v) is 4.23. The second-order valence-corrected chi connectivity index (χ2v) is 8.55. The fraction of sp³-hybridized carbons (Fsp3) is 0.0625. The Morgan fingerprint density at radius 3 is 2.52 bits per heavy atom. The maximum absolute atomic E-state index is 12.5. The van der Waals surface area contributed by atoms with Gasteiger partial charge >= 0.3 is 0 Å². The Morgan fingerprint density at radius 1 is 1.22 bits per heavy atom. The van der Waals surface area contributed by atoms with Crippen molar-refractivity contribution in [1.29, 1.82) is 0 Å². The van der Waals surface area contributed by atoms with Crippen LogP contribution in [0.3, 0.4) is 0 Å². The first kappa shape index (κ1) is 19.2. The highest BCUT2D eigenvalue weighted by Gasteiger charge is 2.20. The van der Waals surface area contributed by atoms with E-state index in [4.69, 9.17) is 11.6 Å². The number of sulfonamides is 1. The Hall–Kier alpha value is -2.56. The van der Waals surface area contributed by atoms with Crippen LogP contribution < -0.4 is 4.72 Å². The largest absolute Gasteiger partial charge is 0.329 e. The molecule has 0 bridgehead atoms. The number of nitro groups is 1. The number of imidazole rings is 1. The molecule has 1 aromatic heterocycles. The van der Waals surface area contributed by atoms with E-state index in [0.717, 1.165) is 16.1 Å². The molecule has 0 unspecified atom stereocenters. The van der Waals surface area contributed by atoms with Gasteiger partial charge in [0.15, 0.2) is 5.16 Å². The second kappa shape index (κ2) is 7.59. The fourth-order valence-electron chi connectivity index (χ4n) is 2.16. The topological polar surface area (TPSA) is 107 Å². The van der Waals surface area contributed by atoms with Gasteiger partial charge in [0.1, 0.15) is 5.02 Å². The van der Waals surface area contributed by atoms with Crippen LogP contribution in [0.4, 0.5) is 11.4 Å². The molecule has 140 valence electrons. The maximum atomic E-state index is 12.5. The predicted octanol–water partition coefficient (Wildman–Crippen LogP) is 3.93. The number of aryl methyl sites for hydroxylation is 1. The summed E-state index contributed by atoms with van der Waals surface area (Å²) in [6.45, 7) is 0. The first-order valence-electron chi connectivity index (χ1n) is 7.48. The van der Waals surface area contributed by atoms with E-state index >= 15 is 0 Å². The van der Waals surface area contributed by atoms with Gasteiger partial charge in [-0.05, 0) is 36.4 Å². The Kier molecular flexibility index (Phi) is 5.40. The lowest BCUT2D eigenvalue weighted by molar-refractivity contribution is -0.384. The van der Waals surface area contributed by atoms with Gasteiger partial charge in [0.05, 0.1) is 9.82 Å². The van der Waals surface area contributed by atoms with Crippen LogP contribution >= 0.6 is 23.4 Å². The molecule has 0 aliphatic carbocycles. The highest BCUT2D eigenvalue weighted by atomic mass is 35.5. The predicted molar refractivity (Wildman–Crippen MR) is 103 cm³/mol. The summed E-state index contributed by atoms with van der Waals surface area (Å²) in [4.78, 5) is 15.1. The Labute approximate surface area is 164 Å². The highest BCUT2D eigenvalue weighted by Crippen LogP contribution is 2.29. The van der Waals surface area contributed by atoms with Crippen molar-refractivity contribution in [2.45, 2.75) is 14.9 Å². The number of nitro benzene ring substituents is 1. The average molecular weight is 425 g/mol. The number of hydrogen-bond donors (Lipinski definition) is 1. The van der Waals surface area contributed by atoms with Gasteiger partial charge in [-0.25, -0.2) is 13.4 Å². The molecule has 0 atom stereocenters. The third-order valence-electron chi connectivity index (χ3n) is 3.52. The third-order valence-corrected chi connectivity index (χ3v) is 6.30. The van der Waals surface area contributed by atoms with Crippen molar-refractivity contribution in [2.24, 2.45) is 7.05 Å². The summed E-state index contributed by atoms with van der Waals surface area (Å²) >= 11 is 7.16. The Morgan fingerprint density at radius 2 is 1.93 bits per heavy atom. The molecular formula is C16H13ClN4O4S2. The number of hydrogen-bond acceptors (Lipinski definition) is 6. The summed E-state index contributed by atoms with van der Waals surface area (Å²) in [7, 11) is -2.11. The van der Waals surface area contributed by atoms with E-state index in [1.807, 2.05) is 17.8 Å². The smallest absolute Gasteiger partial charge is 0.289 e. The van der Waals surface area contributed by atoms with Crippen molar-refractivity contribution >= 4 is 44.8 Å². The van der Waals surface area contributed by atoms with Crippen LogP contribution in [-0.4, -0.2) is 22.9 Å². The van der Waals surface area contributed by atoms with Gasteiger partial charge in [-0.3, -0.25) is 14.8 Å². The van der Waals surface area contributed by atoms with Gasteiger partial charge in [-0.15, -0.1) is 0 Å². The molecule has 3 rings (SSSR count). The van der Waals surface area contributed by atoms with E-state index in [1.54, 1.807) is 30.5 Å². The Balaban J connectivity index is 1.79. The van der Waals surface area contributed by atoms with Crippen LogP contribution in [0.2, 0.25) is 5.02 Å². The summed E-state index contributed by atoms with van der Waals surface area (Å²) in [5.74, 6) is 0. The molecule has 0 fully saturated rings. The first-order chi connectivity index (χ1) is 12.8. The lowest BCUT2D eigenvalue weighted by atomic mass is 10.3. The minimum atomic E-state index is -3.99. The van der Waals surface area contributed by atoms with Gasteiger partial charge in [-0.2, -0.15) is 0 Å². The molecule has 1 N–H and O–H groups in total. The molecule has 8 nitrogen and oxygen atoms in total. The number of anilines is 1. The average Bonchev–Trinajstić information content (AvgIpc) is 3.01. The number of nitrogens with zero attached hydrogens (tertiary/aromatic N) is 3. The molecule has 0 saturated heterocycles. The maximum Gasteiger partial charge on any atom is 0.289 e. The molecule has 0 aliphatic heterocycles. The van der Waals surface area contributed by atoms with Crippen LogP contribution in [0, 0.1) is 10.1 Å².